The number of rotatable bonds is 13. The molecule has 1 atom stereocenters. The second-order valence-corrected chi connectivity index (χ2v) is 11.0. The van der Waals surface area contributed by atoms with E-state index in [2.05, 4.69) is 16.0 Å². The van der Waals surface area contributed by atoms with Crippen LogP contribution in [0.3, 0.4) is 0 Å². The Morgan fingerprint density at radius 1 is 1.08 bits per heavy atom. The first-order valence-corrected chi connectivity index (χ1v) is 14.6. The average Bonchev–Trinajstić information content (AvgIpc) is 2.94. The molecule has 0 aromatic heterocycles. The van der Waals surface area contributed by atoms with Gasteiger partial charge in [0.2, 0.25) is 5.91 Å². The molecule has 0 bridgehead atoms. The Labute approximate surface area is 240 Å². The lowest BCUT2D eigenvalue weighted by molar-refractivity contribution is -0.134. The van der Waals surface area contributed by atoms with Gasteiger partial charge in [-0.2, -0.15) is 0 Å². The van der Waals surface area contributed by atoms with Gasteiger partial charge in [-0.1, -0.05) is 60.7 Å². The minimum atomic E-state index is -0.798. The molecule has 2 aromatic rings. The topological polar surface area (TPSA) is 103 Å². The smallest absolute Gasteiger partial charge is 0.262 e. The summed E-state index contributed by atoms with van der Waals surface area (Å²) in [7, 11) is 0. The largest absolute Gasteiger partial charge is 0.481 e. The van der Waals surface area contributed by atoms with Crippen LogP contribution in [0.2, 0.25) is 10.0 Å². The van der Waals surface area contributed by atoms with Gasteiger partial charge >= 0.3 is 0 Å². The molecule has 1 unspecified atom stereocenters. The van der Waals surface area contributed by atoms with Gasteiger partial charge < -0.3 is 30.7 Å². The molecular formula is C29H38Cl2N4O4. The van der Waals surface area contributed by atoms with Crippen LogP contribution in [-0.2, 0) is 16.0 Å². The van der Waals surface area contributed by atoms with Gasteiger partial charge in [0.15, 0.2) is 6.61 Å². The van der Waals surface area contributed by atoms with Gasteiger partial charge in [0.25, 0.3) is 5.91 Å². The monoisotopic (exact) mass is 576 g/mol. The average molecular weight is 578 g/mol. The zero-order chi connectivity index (χ0) is 27.6. The van der Waals surface area contributed by atoms with Gasteiger partial charge in [0, 0.05) is 44.2 Å². The molecule has 4 rings (SSSR count). The maximum absolute atomic E-state index is 13.2. The third kappa shape index (κ3) is 8.56. The lowest BCUT2D eigenvalue weighted by Crippen LogP contribution is -2.46. The summed E-state index contributed by atoms with van der Waals surface area (Å²) in [5, 5.41) is 21.3. The number of para-hydroxylation sites is 1. The molecule has 4 N–H and O–H groups in total. The molecule has 0 spiro atoms. The number of halogens is 2. The number of hydrogen-bond acceptors (Lipinski definition) is 6. The highest BCUT2D eigenvalue weighted by Crippen LogP contribution is 2.35. The van der Waals surface area contributed by atoms with Gasteiger partial charge in [-0.05, 0) is 49.6 Å². The fourth-order valence-corrected chi connectivity index (χ4v) is 5.57. The van der Waals surface area contributed by atoms with Crippen LogP contribution in [0.25, 0.3) is 0 Å². The Morgan fingerprint density at radius 3 is 2.69 bits per heavy atom. The molecule has 8 nitrogen and oxygen atoms in total. The number of carbonyl (C=O) groups is 2. The lowest BCUT2D eigenvalue weighted by atomic mass is 9.94. The third-order valence-electron chi connectivity index (χ3n) is 7.32. The predicted molar refractivity (Wildman–Crippen MR) is 155 cm³/mol. The molecule has 39 heavy (non-hydrogen) atoms. The van der Waals surface area contributed by atoms with Gasteiger partial charge in [0.05, 0.1) is 21.8 Å². The second-order valence-electron chi connectivity index (χ2n) is 10.2. The Balaban J connectivity index is 1.22. The van der Waals surface area contributed by atoms with E-state index >= 15 is 0 Å². The maximum atomic E-state index is 13.2. The molecule has 1 saturated carbocycles. The summed E-state index contributed by atoms with van der Waals surface area (Å²) in [5.74, 6) is 0.464. The van der Waals surface area contributed by atoms with E-state index < -0.39 is 6.10 Å². The quantitative estimate of drug-likeness (QED) is 0.265. The Morgan fingerprint density at radius 2 is 1.90 bits per heavy atom. The summed E-state index contributed by atoms with van der Waals surface area (Å²) in [4.78, 5) is 26.8. The van der Waals surface area contributed by atoms with Crippen molar-refractivity contribution < 1.29 is 19.4 Å². The number of ether oxygens (including phenoxy) is 1. The first-order chi connectivity index (χ1) is 18.9. The van der Waals surface area contributed by atoms with E-state index in [0.717, 1.165) is 44.2 Å². The number of benzene rings is 2. The van der Waals surface area contributed by atoms with Crippen LogP contribution in [0.5, 0.6) is 5.75 Å². The SMILES string of the molecule is O=C1COc2c(cccc2C(O)CNCCN(C(=O)CCNCCc2ccc(Cl)c(Cl)c2)C2CCCCC2)N1. The number of carbonyl (C=O) groups excluding carboxylic acids is 2. The van der Waals surface area contributed by atoms with E-state index in [4.69, 9.17) is 27.9 Å². The number of aliphatic hydroxyl groups is 1. The molecule has 1 aliphatic heterocycles. The molecule has 1 fully saturated rings. The molecule has 1 heterocycles. The van der Waals surface area contributed by atoms with Crippen LogP contribution in [0.4, 0.5) is 5.69 Å². The van der Waals surface area contributed by atoms with Crippen LogP contribution in [0.1, 0.15) is 55.8 Å². The number of anilines is 1. The van der Waals surface area contributed by atoms with E-state index in [0.29, 0.717) is 59.6 Å². The van der Waals surface area contributed by atoms with Crippen molar-refractivity contribution in [2.45, 2.75) is 57.1 Å². The van der Waals surface area contributed by atoms with Gasteiger partial charge in [-0.15, -0.1) is 0 Å². The number of nitrogens with one attached hydrogen (secondary N) is 3. The third-order valence-corrected chi connectivity index (χ3v) is 8.06. The van der Waals surface area contributed by atoms with Crippen LogP contribution < -0.4 is 20.7 Å². The van der Waals surface area contributed by atoms with Gasteiger partial charge in [-0.25, -0.2) is 0 Å². The fourth-order valence-electron chi connectivity index (χ4n) is 5.24. The summed E-state index contributed by atoms with van der Waals surface area (Å²) in [6.45, 7) is 2.80. The van der Waals surface area contributed by atoms with Crippen molar-refractivity contribution in [3.63, 3.8) is 0 Å². The second kappa shape index (κ2) is 14.9. The minimum absolute atomic E-state index is 0.0625. The van der Waals surface area contributed by atoms with E-state index in [1.54, 1.807) is 24.3 Å². The number of nitrogens with zero attached hydrogens (tertiary/aromatic N) is 1. The maximum Gasteiger partial charge on any atom is 0.262 e. The number of aliphatic hydroxyl groups excluding tert-OH is 1. The van der Waals surface area contributed by atoms with E-state index in [1.807, 2.05) is 17.0 Å². The molecule has 1 aliphatic carbocycles. The van der Waals surface area contributed by atoms with Crippen LogP contribution >= 0.6 is 23.2 Å². The molecule has 10 heteroatoms. The molecule has 2 aliphatic rings. The zero-order valence-electron chi connectivity index (χ0n) is 22.2. The number of amides is 2. The lowest BCUT2D eigenvalue weighted by Gasteiger charge is -2.35. The summed E-state index contributed by atoms with van der Waals surface area (Å²) in [6, 6.07) is 11.3. The predicted octanol–water partition coefficient (Wildman–Crippen LogP) is 4.33. The highest BCUT2D eigenvalue weighted by Gasteiger charge is 2.25. The first-order valence-electron chi connectivity index (χ1n) is 13.8. The van der Waals surface area contributed by atoms with E-state index in [-0.39, 0.29) is 24.5 Å². The Bertz CT molecular complexity index is 1130. The summed E-state index contributed by atoms with van der Waals surface area (Å²) < 4.78 is 5.56. The zero-order valence-corrected chi connectivity index (χ0v) is 23.7. The molecule has 2 amide bonds. The van der Waals surface area contributed by atoms with Crippen molar-refractivity contribution in [1.82, 2.24) is 15.5 Å². The minimum Gasteiger partial charge on any atom is -0.481 e. The number of fused-ring (bicyclic) bond motifs is 1. The van der Waals surface area contributed by atoms with Crippen LogP contribution in [-0.4, -0.2) is 67.2 Å². The standard InChI is InChI=1S/C29H38Cl2N4O4/c30-23-10-9-20(17-24(23)31)11-13-32-14-12-28(38)35(21-5-2-1-3-6-21)16-15-33-18-26(36)22-7-4-8-25-29(22)39-19-27(37)34-25/h4,7-10,17,21,26,32-33,36H,1-3,5-6,11-16,18-19H2,(H,34,37). The molecule has 0 saturated heterocycles. The first kappa shape index (κ1) is 29.6. The Kier molecular flexibility index (Phi) is 11.3. The van der Waals surface area contributed by atoms with Crippen LogP contribution in [0, 0.1) is 0 Å². The van der Waals surface area contributed by atoms with Crippen molar-refractivity contribution in [1.29, 1.82) is 0 Å². The van der Waals surface area contributed by atoms with E-state index in [1.165, 1.54) is 6.42 Å². The molecule has 0 radical (unpaired) electrons. The van der Waals surface area contributed by atoms with Crippen LogP contribution in [0.15, 0.2) is 36.4 Å². The normalized spacial score (nSPS) is 16.2. The van der Waals surface area contributed by atoms with Crippen molar-refractivity contribution in [2.75, 3.05) is 44.6 Å². The number of hydrogen-bond donors (Lipinski definition) is 4. The van der Waals surface area contributed by atoms with E-state index in [9.17, 15) is 14.7 Å². The van der Waals surface area contributed by atoms with Crippen molar-refractivity contribution in [2.24, 2.45) is 0 Å². The van der Waals surface area contributed by atoms with Gasteiger partial charge in [0.1, 0.15) is 5.75 Å². The van der Waals surface area contributed by atoms with Crippen molar-refractivity contribution >= 4 is 40.7 Å². The highest BCUT2D eigenvalue weighted by atomic mass is 35.5. The van der Waals surface area contributed by atoms with Gasteiger partial charge in [-0.3, -0.25) is 9.59 Å². The Hall–Kier alpha value is -2.36. The van der Waals surface area contributed by atoms with Crippen molar-refractivity contribution in [3.05, 3.63) is 57.6 Å². The van der Waals surface area contributed by atoms with Crippen molar-refractivity contribution in [3.8, 4) is 5.75 Å². The molecule has 212 valence electrons. The highest BCUT2D eigenvalue weighted by molar-refractivity contribution is 6.42. The molecular weight excluding hydrogens is 539 g/mol. The summed E-state index contributed by atoms with van der Waals surface area (Å²) in [6.07, 6.45) is 6.06. The molecule has 2 aromatic carbocycles. The summed E-state index contributed by atoms with van der Waals surface area (Å²) in [5.41, 5.74) is 2.31. The fraction of sp³-hybridized carbons (Fsp3) is 0.517. The summed E-state index contributed by atoms with van der Waals surface area (Å²) >= 11 is 12.1.